The minimum absolute atomic E-state index is 0.156. The number of amides is 1. The molecule has 4 heterocycles. The summed E-state index contributed by atoms with van der Waals surface area (Å²) in [7, 11) is 3.91. The predicted molar refractivity (Wildman–Crippen MR) is 154 cm³/mol. The number of benzene rings is 1. The number of likely N-dealkylation sites (N-methyl/N-ethyl adjacent to an activating group) is 1. The summed E-state index contributed by atoms with van der Waals surface area (Å²) in [5.41, 5.74) is 3.35. The number of fused-ring (bicyclic) bond motifs is 1. The fraction of sp³-hybridized carbons (Fsp3) is 0.286. The van der Waals surface area contributed by atoms with Crippen LogP contribution >= 0.6 is 11.6 Å². The molecule has 0 saturated carbocycles. The maximum atomic E-state index is 12.1. The van der Waals surface area contributed by atoms with E-state index < -0.39 is 0 Å². The zero-order valence-electron chi connectivity index (χ0n) is 21.5. The maximum absolute atomic E-state index is 12.1. The molecule has 38 heavy (non-hydrogen) atoms. The van der Waals surface area contributed by atoms with Crippen molar-refractivity contribution >= 4 is 45.9 Å². The summed E-state index contributed by atoms with van der Waals surface area (Å²) in [6, 6.07) is 12.1. The first-order valence-corrected chi connectivity index (χ1v) is 13.0. The van der Waals surface area contributed by atoms with Gasteiger partial charge in [-0.15, -0.1) is 0 Å². The molecule has 10 heteroatoms. The minimum atomic E-state index is -0.168. The summed E-state index contributed by atoms with van der Waals surface area (Å²) >= 11 is 6.50. The summed E-state index contributed by atoms with van der Waals surface area (Å²) in [6.07, 6.45) is 10.7. The largest absolute Gasteiger partial charge is 0.360 e. The fourth-order valence-electron chi connectivity index (χ4n) is 4.58. The molecule has 1 atom stereocenters. The van der Waals surface area contributed by atoms with E-state index in [-0.39, 0.29) is 11.9 Å². The Hall–Kier alpha value is -3.95. The highest BCUT2D eigenvalue weighted by molar-refractivity contribution is 6.33. The van der Waals surface area contributed by atoms with E-state index in [9.17, 15) is 4.79 Å². The second-order valence-corrected chi connectivity index (χ2v) is 10.0. The van der Waals surface area contributed by atoms with Crippen LogP contribution in [-0.2, 0) is 4.79 Å². The second-order valence-electron chi connectivity index (χ2n) is 9.63. The Labute approximate surface area is 226 Å². The summed E-state index contributed by atoms with van der Waals surface area (Å²) in [4.78, 5) is 33.4. The quantitative estimate of drug-likeness (QED) is 0.281. The van der Waals surface area contributed by atoms with Crippen LogP contribution < -0.4 is 15.5 Å². The number of pyridine rings is 1. The number of piperidine rings is 1. The van der Waals surface area contributed by atoms with Crippen LogP contribution in [0.4, 0.5) is 17.5 Å². The highest BCUT2D eigenvalue weighted by atomic mass is 35.5. The number of carbonyl (C=O) groups is 1. The molecule has 3 N–H and O–H groups in total. The van der Waals surface area contributed by atoms with Gasteiger partial charge in [0.05, 0.1) is 28.8 Å². The average molecular weight is 531 g/mol. The molecule has 1 aliphatic rings. The van der Waals surface area contributed by atoms with E-state index in [0.29, 0.717) is 28.9 Å². The summed E-state index contributed by atoms with van der Waals surface area (Å²) in [6.45, 7) is 2.38. The van der Waals surface area contributed by atoms with E-state index in [2.05, 4.69) is 36.6 Å². The molecule has 0 bridgehead atoms. The lowest BCUT2D eigenvalue weighted by molar-refractivity contribution is -0.111. The lowest BCUT2D eigenvalue weighted by Gasteiger charge is -2.34. The zero-order valence-corrected chi connectivity index (χ0v) is 22.2. The monoisotopic (exact) mass is 530 g/mol. The molecule has 196 valence electrons. The van der Waals surface area contributed by atoms with E-state index in [1.807, 2.05) is 61.6 Å². The molecule has 1 aromatic carbocycles. The van der Waals surface area contributed by atoms with Gasteiger partial charge in [0.15, 0.2) is 0 Å². The Bertz CT molecular complexity index is 1430. The number of para-hydroxylation sites is 1. The minimum Gasteiger partial charge on any atom is -0.360 e. The molecule has 3 aromatic heterocycles. The molecule has 0 aliphatic carbocycles. The van der Waals surface area contributed by atoms with Crippen LogP contribution in [0.1, 0.15) is 12.8 Å². The Kier molecular flexibility index (Phi) is 7.86. The van der Waals surface area contributed by atoms with Crippen molar-refractivity contribution in [2.75, 3.05) is 49.3 Å². The van der Waals surface area contributed by atoms with Gasteiger partial charge in [-0.3, -0.25) is 4.79 Å². The second kappa shape index (κ2) is 11.6. The number of aromatic amines is 1. The average Bonchev–Trinajstić information content (AvgIpc) is 3.34. The highest BCUT2D eigenvalue weighted by Gasteiger charge is 2.22. The van der Waals surface area contributed by atoms with Gasteiger partial charge in [-0.25, -0.2) is 15.0 Å². The third kappa shape index (κ3) is 6.12. The first kappa shape index (κ1) is 25.7. The van der Waals surface area contributed by atoms with Crippen LogP contribution in [0, 0.1) is 0 Å². The van der Waals surface area contributed by atoms with Crippen LogP contribution in [0.2, 0.25) is 5.02 Å². The van der Waals surface area contributed by atoms with Gasteiger partial charge in [0.25, 0.3) is 0 Å². The van der Waals surface area contributed by atoms with Gasteiger partial charge in [0, 0.05) is 54.4 Å². The standard InChI is InChI=1S/C28H31ClN8O/c1-36(2)13-6-10-26(38)33-19-11-12-25(31-15-19)37-14-5-7-20(18-37)34-28-32-17-23(29)27(35-28)22-16-30-24-9-4-3-8-21(22)24/h3-4,6,8-12,15-17,20,30H,5,7,13-14,18H2,1-2H3,(H,33,38)(H,32,34,35)/b10-6+. The first-order valence-electron chi connectivity index (χ1n) is 12.6. The molecular formula is C28H31ClN8O. The summed E-state index contributed by atoms with van der Waals surface area (Å²) in [5, 5.41) is 7.92. The molecule has 4 aromatic rings. The Morgan fingerprint density at radius 2 is 2.08 bits per heavy atom. The Morgan fingerprint density at radius 1 is 1.21 bits per heavy atom. The molecule has 9 nitrogen and oxygen atoms in total. The van der Waals surface area contributed by atoms with Crippen molar-refractivity contribution in [2.24, 2.45) is 0 Å². The van der Waals surface area contributed by atoms with Gasteiger partial charge in [-0.1, -0.05) is 35.9 Å². The molecule has 1 unspecified atom stereocenters. The van der Waals surface area contributed by atoms with Gasteiger partial charge in [-0.05, 0) is 45.1 Å². The Balaban J connectivity index is 1.23. The topological polar surface area (TPSA) is 102 Å². The molecule has 1 saturated heterocycles. The van der Waals surface area contributed by atoms with Crippen LogP contribution in [0.5, 0.6) is 0 Å². The van der Waals surface area contributed by atoms with Crippen LogP contribution in [-0.4, -0.2) is 70.5 Å². The normalized spacial score (nSPS) is 15.9. The van der Waals surface area contributed by atoms with E-state index >= 15 is 0 Å². The van der Waals surface area contributed by atoms with Crippen molar-refractivity contribution in [2.45, 2.75) is 18.9 Å². The molecule has 1 fully saturated rings. The van der Waals surface area contributed by atoms with Crippen molar-refractivity contribution in [3.8, 4) is 11.3 Å². The molecule has 5 rings (SSSR count). The molecule has 1 amide bonds. The maximum Gasteiger partial charge on any atom is 0.248 e. The predicted octanol–water partition coefficient (Wildman–Crippen LogP) is 4.81. The van der Waals surface area contributed by atoms with Crippen molar-refractivity contribution < 1.29 is 4.79 Å². The number of rotatable bonds is 8. The van der Waals surface area contributed by atoms with Crippen molar-refractivity contribution in [1.29, 1.82) is 0 Å². The molecule has 0 radical (unpaired) electrons. The highest BCUT2D eigenvalue weighted by Crippen LogP contribution is 2.32. The van der Waals surface area contributed by atoms with Gasteiger partial charge in [0.2, 0.25) is 11.9 Å². The van der Waals surface area contributed by atoms with Gasteiger partial charge < -0.3 is 25.4 Å². The fourth-order valence-corrected chi connectivity index (χ4v) is 4.77. The first-order chi connectivity index (χ1) is 18.5. The van der Waals surface area contributed by atoms with Gasteiger partial charge >= 0.3 is 0 Å². The van der Waals surface area contributed by atoms with E-state index in [0.717, 1.165) is 48.2 Å². The van der Waals surface area contributed by atoms with E-state index in [1.54, 1.807) is 12.4 Å². The molecule has 0 spiro atoms. The number of anilines is 3. The van der Waals surface area contributed by atoms with Gasteiger partial charge in [-0.2, -0.15) is 0 Å². The van der Waals surface area contributed by atoms with Gasteiger partial charge in [0.1, 0.15) is 5.82 Å². The van der Waals surface area contributed by atoms with Crippen molar-refractivity contribution in [1.82, 2.24) is 24.8 Å². The SMILES string of the molecule is CN(C)C/C=C/C(=O)Nc1ccc(N2CCCC(Nc3ncc(Cl)c(-c4c[nH]c5ccccc45)n3)C2)nc1. The number of nitrogens with zero attached hydrogens (tertiary/aromatic N) is 5. The molecule has 1 aliphatic heterocycles. The Morgan fingerprint density at radius 3 is 2.89 bits per heavy atom. The third-order valence-electron chi connectivity index (χ3n) is 6.42. The summed E-state index contributed by atoms with van der Waals surface area (Å²) in [5.74, 6) is 1.25. The zero-order chi connectivity index (χ0) is 26.5. The number of carbonyl (C=O) groups excluding carboxylic acids is 1. The van der Waals surface area contributed by atoms with Crippen molar-refractivity contribution in [3.05, 3.63) is 72.2 Å². The number of nitrogens with one attached hydrogen (secondary N) is 3. The van der Waals surface area contributed by atoms with Crippen molar-refractivity contribution in [3.63, 3.8) is 0 Å². The van der Waals surface area contributed by atoms with Crippen LogP contribution in [0.3, 0.4) is 0 Å². The molecular weight excluding hydrogens is 500 g/mol. The number of H-pyrrole nitrogens is 1. The summed E-state index contributed by atoms with van der Waals surface area (Å²) < 4.78 is 0. The van der Waals surface area contributed by atoms with E-state index in [4.69, 9.17) is 16.6 Å². The third-order valence-corrected chi connectivity index (χ3v) is 6.70. The van der Waals surface area contributed by atoms with Crippen LogP contribution in [0.15, 0.2) is 67.1 Å². The lowest BCUT2D eigenvalue weighted by atomic mass is 10.1. The smallest absolute Gasteiger partial charge is 0.248 e. The number of hydrogen-bond donors (Lipinski definition) is 3. The number of halogens is 1. The number of hydrogen-bond acceptors (Lipinski definition) is 7. The number of aromatic nitrogens is 4. The van der Waals surface area contributed by atoms with E-state index in [1.165, 1.54) is 6.08 Å². The lowest BCUT2D eigenvalue weighted by Crippen LogP contribution is -2.42. The van der Waals surface area contributed by atoms with Crippen LogP contribution in [0.25, 0.3) is 22.2 Å².